The molecule has 3 rings (SSSR count). The van der Waals surface area contributed by atoms with Crippen molar-refractivity contribution in [3.63, 3.8) is 0 Å². The number of rotatable bonds is 3. The van der Waals surface area contributed by atoms with E-state index in [9.17, 15) is 21.6 Å². The van der Waals surface area contributed by atoms with Crippen molar-refractivity contribution < 1.29 is 21.6 Å². The van der Waals surface area contributed by atoms with Gasteiger partial charge in [-0.2, -0.15) is 0 Å². The van der Waals surface area contributed by atoms with Crippen LogP contribution in [0.1, 0.15) is 40.7 Å². The molecule has 1 aliphatic rings. The van der Waals surface area contributed by atoms with Gasteiger partial charge in [0.1, 0.15) is 5.69 Å². The predicted octanol–water partition coefficient (Wildman–Crippen LogP) is 3.37. The number of carbonyl (C=O) groups is 1. The van der Waals surface area contributed by atoms with Crippen LogP contribution in [0.15, 0.2) is 30.5 Å². The van der Waals surface area contributed by atoms with Crippen LogP contribution in [-0.2, 0) is 24.6 Å². The van der Waals surface area contributed by atoms with Gasteiger partial charge in [0.25, 0.3) is 0 Å². The molecule has 1 atom stereocenters. The lowest BCUT2D eigenvalue weighted by Gasteiger charge is -2.36. The number of hydrogen-bond donors (Lipinski definition) is 0. The number of carbonyl (C=O) groups excluding carboxylic acids is 1. The molecule has 0 spiro atoms. The van der Waals surface area contributed by atoms with Crippen molar-refractivity contribution in [2.45, 2.75) is 23.8 Å². The van der Waals surface area contributed by atoms with E-state index in [1.165, 1.54) is 39.2 Å². The maximum Gasteiger partial charge on any atom is 0.232 e. The van der Waals surface area contributed by atoms with E-state index in [4.69, 9.17) is 23.2 Å². The molecule has 156 valence electrons. The van der Waals surface area contributed by atoms with Gasteiger partial charge in [0.05, 0.1) is 21.7 Å². The van der Waals surface area contributed by atoms with Crippen molar-refractivity contribution in [3.8, 4) is 0 Å². The number of hydrogen-bond acceptors (Lipinski definition) is 6. The van der Waals surface area contributed by atoms with Gasteiger partial charge in [0.15, 0.2) is 15.1 Å². The molecule has 2 aromatic rings. The molecular formula is C18H18Cl2N2O5S2. The first-order chi connectivity index (χ1) is 13.2. The summed E-state index contributed by atoms with van der Waals surface area (Å²) in [4.78, 5) is 17.3. The quantitative estimate of drug-likeness (QED) is 0.672. The second-order valence-electron chi connectivity index (χ2n) is 7.22. The molecule has 0 aliphatic carbocycles. The first kappa shape index (κ1) is 22.0. The standard InChI is InChI=1S/C18H18Cl2N2O5S2/c1-18(2)10-6-5-9-21-15(10)16(23)17(29(18,26)27)13-11(19)7-8-12(14(13)20)22(3)28(4,24)25/h5-9,17H,1-4H3. The fourth-order valence-corrected chi connectivity index (χ4v) is 6.72. The van der Waals surface area contributed by atoms with E-state index >= 15 is 0 Å². The molecule has 1 unspecified atom stereocenters. The fraction of sp³-hybridized carbons (Fsp3) is 0.333. The van der Waals surface area contributed by atoms with Crippen LogP contribution in [0.4, 0.5) is 5.69 Å². The molecule has 0 saturated carbocycles. The number of fused-ring (bicyclic) bond motifs is 1. The Kier molecular flexibility index (Phi) is 5.27. The van der Waals surface area contributed by atoms with Crippen LogP contribution in [0.2, 0.25) is 10.0 Å². The number of Topliss-reactive ketones (excluding diaryl/α,β-unsaturated/α-hetero) is 1. The Morgan fingerprint density at radius 1 is 1.17 bits per heavy atom. The van der Waals surface area contributed by atoms with E-state index in [2.05, 4.69) is 4.98 Å². The number of aromatic nitrogens is 1. The van der Waals surface area contributed by atoms with Crippen LogP contribution in [0.3, 0.4) is 0 Å². The van der Waals surface area contributed by atoms with Gasteiger partial charge in [-0.15, -0.1) is 0 Å². The zero-order chi connectivity index (χ0) is 21.9. The molecule has 11 heteroatoms. The number of sulfonamides is 1. The van der Waals surface area contributed by atoms with E-state index in [1.54, 1.807) is 12.1 Å². The molecule has 0 bridgehead atoms. The normalized spacial score (nSPS) is 20.2. The summed E-state index contributed by atoms with van der Waals surface area (Å²) in [5, 5.41) is -1.99. The van der Waals surface area contributed by atoms with Crippen molar-refractivity contribution in [1.82, 2.24) is 4.98 Å². The van der Waals surface area contributed by atoms with E-state index in [0.29, 0.717) is 0 Å². The lowest BCUT2D eigenvalue weighted by molar-refractivity contribution is 0.0975. The van der Waals surface area contributed by atoms with Crippen LogP contribution in [0, 0.1) is 0 Å². The zero-order valence-electron chi connectivity index (χ0n) is 16.0. The molecule has 1 aromatic carbocycles. The zero-order valence-corrected chi connectivity index (χ0v) is 19.1. The average molecular weight is 477 g/mol. The topological polar surface area (TPSA) is 101 Å². The highest BCUT2D eigenvalue weighted by Crippen LogP contribution is 2.50. The predicted molar refractivity (Wildman–Crippen MR) is 113 cm³/mol. The fourth-order valence-electron chi connectivity index (χ4n) is 3.31. The maximum atomic E-state index is 13.5. The molecule has 0 N–H and O–H groups in total. The Morgan fingerprint density at radius 2 is 1.79 bits per heavy atom. The molecule has 0 radical (unpaired) electrons. The lowest BCUT2D eigenvalue weighted by Crippen LogP contribution is -2.43. The summed E-state index contributed by atoms with van der Waals surface area (Å²) >= 11 is 12.7. The van der Waals surface area contributed by atoms with Crippen molar-refractivity contribution in [3.05, 3.63) is 57.3 Å². The molecule has 29 heavy (non-hydrogen) atoms. The monoisotopic (exact) mass is 476 g/mol. The second-order valence-corrected chi connectivity index (χ2v) is 12.6. The van der Waals surface area contributed by atoms with Gasteiger partial charge in [-0.1, -0.05) is 29.3 Å². The van der Waals surface area contributed by atoms with Gasteiger partial charge >= 0.3 is 0 Å². The summed E-state index contributed by atoms with van der Waals surface area (Å²) in [5.41, 5.74) is 0.168. The molecule has 1 aromatic heterocycles. The van der Waals surface area contributed by atoms with E-state index in [-0.39, 0.29) is 32.6 Å². The number of sulfone groups is 1. The highest BCUT2D eigenvalue weighted by atomic mass is 35.5. The van der Waals surface area contributed by atoms with Crippen LogP contribution in [0.5, 0.6) is 0 Å². The Labute approximate surface area is 179 Å². The van der Waals surface area contributed by atoms with Crippen molar-refractivity contribution in [1.29, 1.82) is 0 Å². The minimum atomic E-state index is -4.17. The molecule has 0 amide bonds. The number of halogens is 2. The summed E-state index contributed by atoms with van der Waals surface area (Å²) in [6.07, 6.45) is 2.38. The Morgan fingerprint density at radius 3 is 2.38 bits per heavy atom. The minimum Gasteiger partial charge on any atom is -0.291 e. The number of ketones is 1. The van der Waals surface area contributed by atoms with Crippen molar-refractivity contribution >= 4 is 54.5 Å². The summed E-state index contributed by atoms with van der Waals surface area (Å²) in [6.45, 7) is 2.97. The van der Waals surface area contributed by atoms with Gasteiger partial charge in [-0.25, -0.2) is 16.8 Å². The Hall–Kier alpha value is -1.68. The molecular weight excluding hydrogens is 459 g/mol. The summed E-state index contributed by atoms with van der Waals surface area (Å²) in [6, 6.07) is 5.78. The van der Waals surface area contributed by atoms with Crippen LogP contribution < -0.4 is 4.31 Å². The first-order valence-electron chi connectivity index (χ1n) is 8.38. The highest BCUT2D eigenvalue weighted by molar-refractivity contribution is 7.93. The minimum absolute atomic E-state index is 0.0150. The smallest absolute Gasteiger partial charge is 0.232 e. The molecule has 0 fully saturated rings. The Balaban J connectivity index is 2.36. The highest BCUT2D eigenvalue weighted by Gasteiger charge is 2.54. The van der Waals surface area contributed by atoms with Crippen molar-refractivity contribution in [2.75, 3.05) is 17.6 Å². The van der Waals surface area contributed by atoms with Crippen LogP contribution in [0.25, 0.3) is 0 Å². The number of pyridine rings is 1. The first-order valence-corrected chi connectivity index (χ1v) is 12.5. The largest absolute Gasteiger partial charge is 0.291 e. The van der Waals surface area contributed by atoms with Crippen molar-refractivity contribution in [2.24, 2.45) is 0 Å². The average Bonchev–Trinajstić information content (AvgIpc) is 2.62. The third-order valence-electron chi connectivity index (χ3n) is 5.15. The molecule has 1 aliphatic heterocycles. The van der Waals surface area contributed by atoms with Gasteiger partial charge in [-0.05, 0) is 32.0 Å². The third-order valence-corrected chi connectivity index (χ3v) is 9.79. The molecule has 2 heterocycles. The Bertz CT molecular complexity index is 1240. The van der Waals surface area contributed by atoms with E-state index < -0.39 is 35.6 Å². The number of anilines is 1. The molecule has 0 saturated heterocycles. The lowest BCUT2D eigenvalue weighted by atomic mass is 9.94. The summed E-state index contributed by atoms with van der Waals surface area (Å²) < 4.78 is 50.3. The SMILES string of the molecule is CN(c1ccc(Cl)c(C2C(=O)c3ncccc3C(C)(C)S2(=O)=O)c1Cl)S(C)(=O)=O. The summed E-state index contributed by atoms with van der Waals surface area (Å²) in [5.74, 6) is -0.761. The maximum absolute atomic E-state index is 13.5. The van der Waals surface area contributed by atoms with E-state index in [0.717, 1.165) is 10.6 Å². The summed E-state index contributed by atoms with van der Waals surface area (Å²) in [7, 11) is -6.59. The van der Waals surface area contributed by atoms with Gasteiger partial charge < -0.3 is 0 Å². The number of benzene rings is 1. The van der Waals surface area contributed by atoms with Gasteiger partial charge in [0, 0.05) is 29.4 Å². The second kappa shape index (κ2) is 6.94. The third kappa shape index (κ3) is 3.24. The van der Waals surface area contributed by atoms with Gasteiger partial charge in [-0.3, -0.25) is 14.1 Å². The van der Waals surface area contributed by atoms with Gasteiger partial charge in [0.2, 0.25) is 15.8 Å². The molecule has 7 nitrogen and oxygen atoms in total. The van der Waals surface area contributed by atoms with E-state index in [1.807, 2.05) is 0 Å². The van der Waals surface area contributed by atoms with Crippen LogP contribution in [-0.4, -0.2) is 40.9 Å². The van der Waals surface area contributed by atoms with Crippen LogP contribution >= 0.6 is 23.2 Å². The number of nitrogens with zero attached hydrogens (tertiary/aromatic N) is 2.